The Morgan fingerprint density at radius 2 is 2.04 bits per heavy atom. The van der Waals surface area contributed by atoms with Gasteiger partial charge in [-0.3, -0.25) is 9.32 Å². The highest BCUT2D eigenvalue weighted by molar-refractivity contribution is 7.13. The van der Waals surface area contributed by atoms with E-state index in [1.807, 2.05) is 47.8 Å². The van der Waals surface area contributed by atoms with Gasteiger partial charge < -0.3 is 0 Å². The van der Waals surface area contributed by atoms with Crippen LogP contribution in [0, 0.1) is 0 Å². The number of hydrogen-bond donors (Lipinski definition) is 0. The Morgan fingerprint density at radius 3 is 2.80 bits per heavy atom. The first-order chi connectivity index (χ1) is 12.2. The van der Waals surface area contributed by atoms with Crippen molar-refractivity contribution in [1.29, 1.82) is 0 Å². The number of hydrogen-bond acceptors (Lipinski definition) is 6. The molecule has 0 N–H and O–H groups in total. The molecule has 0 saturated carbocycles. The summed E-state index contributed by atoms with van der Waals surface area (Å²) in [6.07, 6.45) is 0.687. The predicted molar refractivity (Wildman–Crippen MR) is 93.4 cm³/mol. The Morgan fingerprint density at radius 1 is 1.20 bits per heavy atom. The number of hydrazone groups is 1. The molecule has 126 valence electrons. The van der Waals surface area contributed by atoms with Crippen LogP contribution >= 0.6 is 11.3 Å². The van der Waals surface area contributed by atoms with E-state index in [0.717, 1.165) is 16.2 Å². The normalized spacial score (nSPS) is 13.9. The maximum atomic E-state index is 12.6. The highest BCUT2D eigenvalue weighted by Gasteiger charge is 2.24. The van der Waals surface area contributed by atoms with Crippen molar-refractivity contribution in [2.75, 3.05) is 6.54 Å². The van der Waals surface area contributed by atoms with Gasteiger partial charge in [-0.25, -0.2) is 14.4 Å². The van der Waals surface area contributed by atoms with Crippen molar-refractivity contribution in [1.82, 2.24) is 14.7 Å². The van der Waals surface area contributed by atoms with Crippen molar-refractivity contribution in [3.05, 3.63) is 64.0 Å². The maximum Gasteiger partial charge on any atom is 0.442 e. The van der Waals surface area contributed by atoms with Crippen LogP contribution in [0.3, 0.4) is 0 Å². The van der Waals surface area contributed by atoms with Crippen LogP contribution in [0.5, 0.6) is 0 Å². The number of carbonyl (C=O) groups is 1. The molecule has 3 heterocycles. The summed E-state index contributed by atoms with van der Waals surface area (Å²) in [7, 11) is 0. The highest BCUT2D eigenvalue weighted by atomic mass is 32.1. The van der Waals surface area contributed by atoms with Crippen LogP contribution in [-0.2, 0) is 11.3 Å². The first kappa shape index (κ1) is 15.5. The van der Waals surface area contributed by atoms with Crippen molar-refractivity contribution < 1.29 is 9.32 Å². The largest absolute Gasteiger partial charge is 0.442 e. The number of carbonyl (C=O) groups excluding carboxylic acids is 1. The zero-order valence-corrected chi connectivity index (χ0v) is 14.0. The third-order valence-corrected chi connectivity index (χ3v) is 4.78. The minimum Gasteiger partial charge on any atom is -0.295 e. The molecule has 1 aliphatic heterocycles. The van der Waals surface area contributed by atoms with Crippen LogP contribution in [0.25, 0.3) is 10.7 Å². The van der Waals surface area contributed by atoms with E-state index < -0.39 is 5.76 Å². The maximum absolute atomic E-state index is 12.6. The van der Waals surface area contributed by atoms with Gasteiger partial charge in [0, 0.05) is 6.42 Å². The molecule has 0 spiro atoms. The lowest BCUT2D eigenvalue weighted by molar-refractivity contribution is -0.131. The van der Waals surface area contributed by atoms with E-state index in [4.69, 9.17) is 4.52 Å². The fraction of sp³-hybridized carbons (Fsp3) is 0.176. The summed E-state index contributed by atoms with van der Waals surface area (Å²) in [5.74, 6) is -0.558. The van der Waals surface area contributed by atoms with Gasteiger partial charge in [-0.2, -0.15) is 5.10 Å². The standard InChI is InChI=1S/C17H14N4O3S/c22-15(21-9-8-13(18-21)12-5-2-1-3-6-12)11-20-16(19-24-17(20)23)14-7-4-10-25-14/h1-7,10H,8-9,11H2. The third-order valence-electron chi connectivity index (χ3n) is 3.92. The van der Waals surface area contributed by atoms with Crippen molar-refractivity contribution in [2.24, 2.45) is 5.10 Å². The molecule has 0 aliphatic carbocycles. The second-order valence-electron chi connectivity index (χ2n) is 5.52. The molecule has 4 rings (SSSR count). The van der Waals surface area contributed by atoms with E-state index in [-0.39, 0.29) is 12.5 Å². The van der Waals surface area contributed by atoms with Crippen molar-refractivity contribution in [3.8, 4) is 10.7 Å². The molecule has 1 aromatic carbocycles. The Hall–Kier alpha value is -3.00. The molecule has 0 bridgehead atoms. The second-order valence-corrected chi connectivity index (χ2v) is 6.46. The van der Waals surface area contributed by atoms with Crippen LogP contribution in [0.2, 0.25) is 0 Å². The molecule has 0 fully saturated rings. The van der Waals surface area contributed by atoms with Gasteiger partial charge in [0.15, 0.2) is 5.82 Å². The van der Waals surface area contributed by atoms with E-state index in [0.29, 0.717) is 18.8 Å². The lowest BCUT2D eigenvalue weighted by Gasteiger charge is -2.11. The van der Waals surface area contributed by atoms with Gasteiger partial charge in [-0.1, -0.05) is 41.6 Å². The zero-order valence-electron chi connectivity index (χ0n) is 13.2. The number of aromatic nitrogens is 2. The number of rotatable bonds is 4. The number of benzene rings is 1. The zero-order chi connectivity index (χ0) is 17.2. The number of amides is 1. The SMILES string of the molecule is O=C(Cn1c(-c2cccs2)noc1=O)N1CCC(c2ccccc2)=N1. The van der Waals surface area contributed by atoms with Crippen LogP contribution in [0.4, 0.5) is 0 Å². The van der Waals surface area contributed by atoms with Crippen LogP contribution < -0.4 is 5.76 Å². The molecule has 3 aromatic rings. The topological polar surface area (TPSA) is 80.7 Å². The van der Waals surface area contributed by atoms with E-state index >= 15 is 0 Å². The quantitative estimate of drug-likeness (QED) is 0.719. The van der Waals surface area contributed by atoms with E-state index in [1.165, 1.54) is 20.9 Å². The third kappa shape index (κ3) is 3.03. The van der Waals surface area contributed by atoms with Gasteiger partial charge in [0.25, 0.3) is 5.91 Å². The Bertz CT molecular complexity index is 973. The minimum absolute atomic E-state index is 0.152. The van der Waals surface area contributed by atoms with Crippen LogP contribution in [0.15, 0.2) is 62.3 Å². The monoisotopic (exact) mass is 354 g/mol. The minimum atomic E-state index is -0.650. The van der Waals surface area contributed by atoms with Crippen molar-refractivity contribution in [2.45, 2.75) is 13.0 Å². The van der Waals surface area contributed by atoms with Gasteiger partial charge in [-0.05, 0) is 17.0 Å². The molecule has 1 amide bonds. The van der Waals surface area contributed by atoms with Gasteiger partial charge in [0.2, 0.25) is 0 Å². The molecule has 0 unspecified atom stereocenters. The lowest BCUT2D eigenvalue weighted by Crippen LogP contribution is -2.31. The number of thiophene rings is 1. The van der Waals surface area contributed by atoms with Gasteiger partial charge in [0.05, 0.1) is 17.1 Å². The Balaban J connectivity index is 1.55. The lowest BCUT2D eigenvalue weighted by atomic mass is 10.1. The molecule has 2 aromatic heterocycles. The fourth-order valence-electron chi connectivity index (χ4n) is 2.68. The molecule has 0 radical (unpaired) electrons. The molecule has 0 saturated heterocycles. The summed E-state index contributed by atoms with van der Waals surface area (Å²) in [6.45, 7) is 0.346. The van der Waals surface area contributed by atoms with Crippen LogP contribution in [0.1, 0.15) is 12.0 Å². The Labute approximate surface area is 146 Å². The summed E-state index contributed by atoms with van der Waals surface area (Å²) in [6, 6.07) is 13.4. The van der Waals surface area contributed by atoms with Crippen molar-refractivity contribution in [3.63, 3.8) is 0 Å². The molecule has 7 nitrogen and oxygen atoms in total. The van der Waals surface area contributed by atoms with E-state index in [2.05, 4.69) is 10.3 Å². The van der Waals surface area contributed by atoms with Gasteiger partial charge in [-0.15, -0.1) is 11.3 Å². The summed E-state index contributed by atoms with van der Waals surface area (Å²) >= 11 is 1.43. The molecular formula is C17H14N4O3S. The summed E-state index contributed by atoms with van der Waals surface area (Å²) in [4.78, 5) is 25.2. The van der Waals surface area contributed by atoms with E-state index in [9.17, 15) is 9.59 Å². The average Bonchev–Trinajstić information content (AvgIpc) is 3.37. The van der Waals surface area contributed by atoms with E-state index in [1.54, 1.807) is 0 Å². The van der Waals surface area contributed by atoms with Gasteiger partial charge in [0.1, 0.15) is 6.54 Å². The van der Waals surface area contributed by atoms with Crippen molar-refractivity contribution >= 4 is 23.0 Å². The summed E-state index contributed by atoms with van der Waals surface area (Å²) in [5.41, 5.74) is 1.87. The second kappa shape index (κ2) is 6.48. The number of nitrogens with zero attached hydrogens (tertiary/aromatic N) is 4. The smallest absolute Gasteiger partial charge is 0.295 e. The first-order valence-electron chi connectivity index (χ1n) is 7.76. The summed E-state index contributed by atoms with van der Waals surface area (Å²) < 4.78 is 5.97. The average molecular weight is 354 g/mol. The molecule has 0 atom stereocenters. The molecule has 25 heavy (non-hydrogen) atoms. The van der Waals surface area contributed by atoms with Crippen LogP contribution in [-0.4, -0.2) is 32.9 Å². The summed E-state index contributed by atoms with van der Waals surface area (Å²) in [5, 5.41) is 11.5. The highest BCUT2D eigenvalue weighted by Crippen LogP contribution is 2.22. The van der Waals surface area contributed by atoms with Gasteiger partial charge >= 0.3 is 5.76 Å². The first-order valence-corrected chi connectivity index (χ1v) is 8.64. The molecular weight excluding hydrogens is 340 g/mol. The fourth-order valence-corrected chi connectivity index (χ4v) is 3.39. The molecule has 1 aliphatic rings. The predicted octanol–water partition coefficient (Wildman–Crippen LogP) is 2.20. The molecule has 8 heteroatoms. The Kier molecular flexibility index (Phi) is 4.02.